The van der Waals surface area contributed by atoms with E-state index in [2.05, 4.69) is 11.4 Å². The van der Waals surface area contributed by atoms with E-state index in [0.29, 0.717) is 35.8 Å². The molecule has 0 spiro atoms. The van der Waals surface area contributed by atoms with Gasteiger partial charge in [-0.15, -0.1) is 11.3 Å². The van der Waals surface area contributed by atoms with Crippen molar-refractivity contribution in [3.05, 3.63) is 57.0 Å². The number of thioether (sulfide) groups is 1. The number of likely N-dealkylation sites (tertiary alicyclic amines) is 1. The van der Waals surface area contributed by atoms with E-state index in [9.17, 15) is 9.59 Å². The summed E-state index contributed by atoms with van der Waals surface area (Å²) in [6.45, 7) is 4.51. The van der Waals surface area contributed by atoms with Gasteiger partial charge >= 0.3 is 0 Å². The van der Waals surface area contributed by atoms with Gasteiger partial charge in [0.05, 0.1) is 22.7 Å². The molecule has 0 radical (unpaired) electrons. The van der Waals surface area contributed by atoms with Crippen LogP contribution in [0.25, 0.3) is 10.9 Å². The topological polar surface area (TPSA) is 64.4 Å². The minimum absolute atomic E-state index is 0.0605. The zero-order chi connectivity index (χ0) is 21.6. The lowest BCUT2D eigenvalue weighted by Crippen LogP contribution is -2.32. The molecule has 1 amide bonds. The van der Waals surface area contributed by atoms with Crippen molar-refractivity contribution in [2.24, 2.45) is 0 Å². The van der Waals surface area contributed by atoms with E-state index in [4.69, 9.17) is 9.72 Å². The fraction of sp³-hybridized carbons (Fsp3) is 0.435. The summed E-state index contributed by atoms with van der Waals surface area (Å²) in [5.74, 6) is 0.377. The SMILES string of the molecule is CCOCCCn1c(SCC(=O)N2CCC[C@H]2c2cccs2)nc2ccccc2c1=O. The van der Waals surface area contributed by atoms with Gasteiger partial charge in [-0.3, -0.25) is 14.2 Å². The number of para-hydroxylation sites is 1. The van der Waals surface area contributed by atoms with E-state index in [-0.39, 0.29) is 23.3 Å². The Morgan fingerprint density at radius 1 is 1.29 bits per heavy atom. The predicted molar refractivity (Wildman–Crippen MR) is 126 cm³/mol. The van der Waals surface area contributed by atoms with Gasteiger partial charge in [0, 0.05) is 31.2 Å². The Morgan fingerprint density at radius 2 is 2.16 bits per heavy atom. The molecule has 1 aliphatic rings. The molecule has 6 nitrogen and oxygen atoms in total. The minimum Gasteiger partial charge on any atom is -0.382 e. The Labute approximate surface area is 190 Å². The maximum Gasteiger partial charge on any atom is 0.262 e. The summed E-state index contributed by atoms with van der Waals surface area (Å²) in [6.07, 6.45) is 2.75. The molecule has 1 aromatic carbocycles. The minimum atomic E-state index is -0.0605. The van der Waals surface area contributed by atoms with Crippen LogP contribution < -0.4 is 5.56 Å². The zero-order valence-electron chi connectivity index (χ0n) is 17.7. The monoisotopic (exact) mass is 457 g/mol. The lowest BCUT2D eigenvalue weighted by atomic mass is 10.2. The Kier molecular flexibility index (Phi) is 7.42. The smallest absolute Gasteiger partial charge is 0.262 e. The standard InChI is InChI=1S/C23H27N3O3S2/c1-2-29-14-7-13-26-22(28)17-8-3-4-9-18(17)24-23(26)31-16-21(27)25-12-5-10-19(25)20-11-6-15-30-20/h3-4,6,8-9,11,15,19H,2,5,7,10,12-14,16H2,1H3/t19-/m0/s1. The number of benzene rings is 1. The lowest BCUT2D eigenvalue weighted by molar-refractivity contribution is -0.129. The highest BCUT2D eigenvalue weighted by molar-refractivity contribution is 7.99. The van der Waals surface area contributed by atoms with Crippen LogP contribution in [0.4, 0.5) is 0 Å². The molecule has 0 aliphatic carbocycles. The highest BCUT2D eigenvalue weighted by atomic mass is 32.2. The highest BCUT2D eigenvalue weighted by Gasteiger charge is 2.30. The fourth-order valence-electron chi connectivity index (χ4n) is 3.98. The van der Waals surface area contributed by atoms with Gasteiger partial charge in [-0.25, -0.2) is 4.98 Å². The Bertz CT molecular complexity index is 1080. The van der Waals surface area contributed by atoms with Gasteiger partial charge in [-0.1, -0.05) is 30.0 Å². The number of carbonyl (C=O) groups is 1. The quantitative estimate of drug-likeness (QED) is 0.272. The number of rotatable bonds is 9. The van der Waals surface area contributed by atoms with Crippen molar-refractivity contribution < 1.29 is 9.53 Å². The van der Waals surface area contributed by atoms with Crippen LogP contribution >= 0.6 is 23.1 Å². The first kappa shape index (κ1) is 22.0. The van der Waals surface area contributed by atoms with Crippen LogP contribution in [0, 0.1) is 0 Å². The predicted octanol–water partition coefficient (Wildman–Crippen LogP) is 4.34. The summed E-state index contributed by atoms with van der Waals surface area (Å²) in [7, 11) is 0. The summed E-state index contributed by atoms with van der Waals surface area (Å²) in [6, 6.07) is 11.7. The Hall–Kier alpha value is -2.16. The molecule has 3 aromatic rings. The van der Waals surface area contributed by atoms with Crippen molar-refractivity contribution in [2.75, 3.05) is 25.5 Å². The van der Waals surface area contributed by atoms with Crippen molar-refractivity contribution in [3.8, 4) is 0 Å². The van der Waals surface area contributed by atoms with Crippen molar-refractivity contribution in [3.63, 3.8) is 0 Å². The summed E-state index contributed by atoms with van der Waals surface area (Å²) < 4.78 is 7.13. The van der Waals surface area contributed by atoms with Crippen molar-refractivity contribution in [1.82, 2.24) is 14.5 Å². The number of amides is 1. The van der Waals surface area contributed by atoms with Crippen LogP contribution in [-0.4, -0.2) is 45.9 Å². The maximum atomic E-state index is 13.1. The molecule has 0 unspecified atom stereocenters. The Morgan fingerprint density at radius 3 is 2.97 bits per heavy atom. The lowest BCUT2D eigenvalue weighted by Gasteiger charge is -2.24. The third kappa shape index (κ3) is 5.02. The number of thiophene rings is 1. The highest BCUT2D eigenvalue weighted by Crippen LogP contribution is 2.35. The number of nitrogens with zero attached hydrogens (tertiary/aromatic N) is 3. The summed E-state index contributed by atoms with van der Waals surface area (Å²) >= 11 is 3.06. The number of hydrogen-bond donors (Lipinski definition) is 0. The van der Waals surface area contributed by atoms with Crippen LogP contribution in [-0.2, 0) is 16.1 Å². The van der Waals surface area contributed by atoms with Crippen LogP contribution in [0.15, 0.2) is 51.7 Å². The van der Waals surface area contributed by atoms with Gasteiger partial charge in [-0.05, 0) is 49.8 Å². The second-order valence-electron chi connectivity index (χ2n) is 7.47. The van der Waals surface area contributed by atoms with Gasteiger partial charge in [-0.2, -0.15) is 0 Å². The zero-order valence-corrected chi connectivity index (χ0v) is 19.3. The fourth-order valence-corrected chi connectivity index (χ4v) is 5.76. The third-order valence-corrected chi connectivity index (χ3v) is 7.41. The normalized spacial score (nSPS) is 16.3. The van der Waals surface area contributed by atoms with Gasteiger partial charge in [0.2, 0.25) is 5.91 Å². The molecule has 1 fully saturated rings. The molecule has 31 heavy (non-hydrogen) atoms. The molecule has 0 saturated carbocycles. The van der Waals surface area contributed by atoms with E-state index in [1.165, 1.54) is 16.6 Å². The third-order valence-electron chi connectivity index (χ3n) is 5.47. The van der Waals surface area contributed by atoms with Gasteiger partial charge in [0.1, 0.15) is 0 Å². The largest absolute Gasteiger partial charge is 0.382 e. The van der Waals surface area contributed by atoms with Crippen LogP contribution in [0.1, 0.15) is 37.1 Å². The molecule has 8 heteroatoms. The van der Waals surface area contributed by atoms with E-state index in [1.54, 1.807) is 22.0 Å². The van der Waals surface area contributed by atoms with Crippen molar-refractivity contribution >= 4 is 39.9 Å². The molecule has 0 N–H and O–H groups in total. The first-order chi connectivity index (χ1) is 15.2. The number of fused-ring (bicyclic) bond motifs is 1. The number of aromatic nitrogens is 2. The van der Waals surface area contributed by atoms with Crippen LogP contribution in [0.2, 0.25) is 0 Å². The second-order valence-corrected chi connectivity index (χ2v) is 9.39. The molecule has 4 rings (SSSR count). The molecule has 164 valence electrons. The Balaban J connectivity index is 1.52. The first-order valence-electron chi connectivity index (χ1n) is 10.7. The van der Waals surface area contributed by atoms with Gasteiger partial charge < -0.3 is 9.64 Å². The molecule has 2 aromatic heterocycles. The first-order valence-corrected chi connectivity index (χ1v) is 12.6. The molecule has 1 saturated heterocycles. The second kappa shape index (κ2) is 10.4. The summed E-state index contributed by atoms with van der Waals surface area (Å²) in [5, 5.41) is 3.26. The van der Waals surface area contributed by atoms with Crippen LogP contribution in [0.5, 0.6) is 0 Å². The van der Waals surface area contributed by atoms with E-state index in [1.807, 2.05) is 36.1 Å². The van der Waals surface area contributed by atoms with E-state index >= 15 is 0 Å². The van der Waals surface area contributed by atoms with Gasteiger partial charge in [0.25, 0.3) is 5.56 Å². The maximum absolute atomic E-state index is 13.1. The van der Waals surface area contributed by atoms with Gasteiger partial charge in [0.15, 0.2) is 5.16 Å². The van der Waals surface area contributed by atoms with E-state index < -0.39 is 0 Å². The molecule has 1 atom stereocenters. The van der Waals surface area contributed by atoms with Crippen molar-refractivity contribution in [1.29, 1.82) is 0 Å². The average molecular weight is 458 g/mol. The molecule has 3 heterocycles. The van der Waals surface area contributed by atoms with E-state index in [0.717, 1.165) is 25.8 Å². The molecule has 1 aliphatic heterocycles. The molecular weight excluding hydrogens is 430 g/mol. The number of carbonyl (C=O) groups excluding carboxylic acids is 1. The summed E-state index contributed by atoms with van der Waals surface area (Å²) in [4.78, 5) is 34.1. The summed E-state index contributed by atoms with van der Waals surface area (Å²) in [5.41, 5.74) is 0.607. The van der Waals surface area contributed by atoms with Crippen LogP contribution in [0.3, 0.4) is 0 Å². The number of hydrogen-bond acceptors (Lipinski definition) is 6. The molecular formula is C23H27N3O3S2. The number of ether oxygens (including phenoxy) is 1. The van der Waals surface area contributed by atoms with Crippen molar-refractivity contribution in [2.45, 2.75) is 43.9 Å². The average Bonchev–Trinajstić information content (AvgIpc) is 3.48. The molecule has 0 bridgehead atoms.